The number of rotatable bonds is 6. The van der Waals surface area contributed by atoms with Crippen LogP contribution in [-0.2, 0) is 16.0 Å². The van der Waals surface area contributed by atoms with Crippen LogP contribution < -0.4 is 20.1 Å². The molecule has 2 aromatic carbocycles. The second kappa shape index (κ2) is 8.61. The third-order valence-electron chi connectivity index (χ3n) is 4.99. The van der Waals surface area contributed by atoms with E-state index in [4.69, 9.17) is 9.47 Å². The molecule has 0 aliphatic carbocycles. The van der Waals surface area contributed by atoms with E-state index >= 15 is 0 Å². The van der Waals surface area contributed by atoms with Crippen molar-refractivity contribution in [3.8, 4) is 11.5 Å². The van der Waals surface area contributed by atoms with Crippen molar-refractivity contribution >= 4 is 40.0 Å². The summed E-state index contributed by atoms with van der Waals surface area (Å²) < 4.78 is 30.2. The Kier molecular flexibility index (Phi) is 5.35. The molecule has 0 unspecified atom stereocenters. The summed E-state index contributed by atoms with van der Waals surface area (Å²) in [5.41, 5.74) is 2.51. The van der Waals surface area contributed by atoms with Crippen molar-refractivity contribution in [1.29, 1.82) is 0 Å². The van der Waals surface area contributed by atoms with Crippen molar-refractivity contribution in [2.45, 2.75) is 6.42 Å². The predicted octanol–water partition coefficient (Wildman–Crippen LogP) is 3.47. The van der Waals surface area contributed by atoms with E-state index in [1.165, 1.54) is 7.11 Å². The van der Waals surface area contributed by atoms with Gasteiger partial charge in [-0.25, -0.2) is 9.37 Å². The average Bonchev–Trinajstić information content (AvgIpc) is 3.23. The number of halogens is 1. The van der Waals surface area contributed by atoms with Crippen LogP contribution in [0.5, 0.6) is 11.5 Å². The Balaban J connectivity index is 1.35. The molecule has 0 fully saturated rings. The van der Waals surface area contributed by atoms with Crippen LogP contribution in [0, 0.1) is 5.82 Å². The highest BCUT2D eigenvalue weighted by Gasteiger charge is 2.14. The number of H-pyrrole nitrogens is 1. The molecule has 5 rings (SSSR count). The first-order valence-corrected chi connectivity index (χ1v) is 10.1. The number of ether oxygens (including phenoxy) is 3. The highest BCUT2D eigenvalue weighted by Crippen LogP contribution is 2.33. The van der Waals surface area contributed by atoms with E-state index in [0.29, 0.717) is 47.3 Å². The van der Waals surface area contributed by atoms with E-state index in [0.717, 1.165) is 11.6 Å². The number of hydrogen-bond acceptors (Lipinski definition) is 9. The lowest BCUT2D eigenvalue weighted by Gasteiger charge is -2.19. The van der Waals surface area contributed by atoms with Gasteiger partial charge < -0.3 is 24.8 Å². The molecule has 3 N–H and O–H groups in total. The van der Waals surface area contributed by atoms with Crippen LogP contribution in [0.15, 0.2) is 42.6 Å². The molecule has 11 heteroatoms. The molecule has 0 amide bonds. The molecule has 4 aromatic rings. The molecule has 10 nitrogen and oxygen atoms in total. The van der Waals surface area contributed by atoms with Crippen LogP contribution in [-0.4, -0.2) is 46.5 Å². The molecule has 0 radical (unpaired) electrons. The molecule has 168 valence electrons. The zero-order valence-corrected chi connectivity index (χ0v) is 17.5. The first kappa shape index (κ1) is 20.5. The Morgan fingerprint density at radius 1 is 1.12 bits per heavy atom. The molecule has 3 heterocycles. The van der Waals surface area contributed by atoms with Gasteiger partial charge in [-0.2, -0.15) is 10.1 Å². The zero-order valence-electron chi connectivity index (χ0n) is 17.5. The number of fused-ring (bicyclic) bond motifs is 2. The molecule has 33 heavy (non-hydrogen) atoms. The monoisotopic (exact) mass is 450 g/mol. The Labute approximate surface area is 187 Å². The highest BCUT2D eigenvalue weighted by molar-refractivity contribution is 5.88. The summed E-state index contributed by atoms with van der Waals surface area (Å²) in [6.45, 7) is 0.981. The summed E-state index contributed by atoms with van der Waals surface area (Å²) in [6.07, 6.45) is 1.14. The normalized spacial score (nSPS) is 12.4. The summed E-state index contributed by atoms with van der Waals surface area (Å²) in [4.78, 5) is 19.8. The van der Waals surface area contributed by atoms with Crippen molar-refractivity contribution in [2.24, 2.45) is 0 Å². The van der Waals surface area contributed by atoms with E-state index in [9.17, 15) is 9.18 Å². The molecule has 0 saturated carbocycles. The number of anilines is 4. The molecule has 2 aromatic heterocycles. The van der Waals surface area contributed by atoms with Crippen LogP contribution in [0.3, 0.4) is 0 Å². The minimum absolute atomic E-state index is 0.00121. The summed E-state index contributed by atoms with van der Waals surface area (Å²) in [5.74, 6) is 0.493. The van der Waals surface area contributed by atoms with Crippen LogP contribution >= 0.6 is 0 Å². The van der Waals surface area contributed by atoms with E-state index in [1.807, 2.05) is 0 Å². The Morgan fingerprint density at radius 3 is 2.76 bits per heavy atom. The van der Waals surface area contributed by atoms with Gasteiger partial charge in [0.15, 0.2) is 23.1 Å². The van der Waals surface area contributed by atoms with Crippen molar-refractivity contribution in [3.63, 3.8) is 0 Å². The molecule has 0 atom stereocenters. The molecule has 0 spiro atoms. The number of carbonyl (C=O) groups is 1. The quantitative estimate of drug-likeness (QED) is 0.379. The minimum Gasteiger partial charge on any atom is -0.486 e. The van der Waals surface area contributed by atoms with Gasteiger partial charge in [-0.1, -0.05) is 0 Å². The topological polar surface area (TPSA) is 123 Å². The molecular weight excluding hydrogens is 431 g/mol. The maximum Gasteiger partial charge on any atom is 0.311 e. The maximum atomic E-state index is 14.4. The minimum atomic E-state index is -0.612. The number of nitrogens with zero attached hydrogens (tertiary/aromatic N) is 3. The number of methoxy groups -OCH3 is 1. The number of benzene rings is 2. The Morgan fingerprint density at radius 2 is 1.91 bits per heavy atom. The fourth-order valence-corrected chi connectivity index (χ4v) is 3.40. The van der Waals surface area contributed by atoms with Crippen LogP contribution in [0.1, 0.15) is 5.69 Å². The summed E-state index contributed by atoms with van der Waals surface area (Å²) in [6, 6.07) is 10.6. The number of aromatic nitrogens is 4. The number of nitrogens with one attached hydrogen (secondary N) is 3. The van der Waals surface area contributed by atoms with E-state index in [-0.39, 0.29) is 24.2 Å². The molecular formula is C22H19FN6O4. The molecule has 0 saturated heterocycles. The number of esters is 1. The van der Waals surface area contributed by atoms with Gasteiger partial charge in [-0.15, -0.1) is 0 Å². The van der Waals surface area contributed by atoms with Gasteiger partial charge in [0.1, 0.15) is 13.2 Å². The predicted molar refractivity (Wildman–Crippen MR) is 118 cm³/mol. The van der Waals surface area contributed by atoms with E-state index in [2.05, 4.69) is 35.5 Å². The fraction of sp³-hybridized carbons (Fsp3) is 0.182. The van der Waals surface area contributed by atoms with Gasteiger partial charge in [0.2, 0.25) is 5.95 Å². The Bertz CT molecular complexity index is 1340. The number of aromatic amines is 1. The summed E-state index contributed by atoms with van der Waals surface area (Å²) in [5, 5.41) is 13.8. The molecule has 1 aliphatic rings. The summed E-state index contributed by atoms with van der Waals surface area (Å²) in [7, 11) is 1.33. The van der Waals surface area contributed by atoms with Crippen molar-refractivity contribution in [2.75, 3.05) is 31.0 Å². The fourth-order valence-electron chi connectivity index (χ4n) is 3.40. The van der Waals surface area contributed by atoms with Crippen molar-refractivity contribution < 1.29 is 23.4 Å². The van der Waals surface area contributed by atoms with Crippen LogP contribution in [0.2, 0.25) is 0 Å². The van der Waals surface area contributed by atoms with Gasteiger partial charge in [0, 0.05) is 22.8 Å². The molecule has 1 aliphatic heterocycles. The lowest BCUT2D eigenvalue weighted by Crippen LogP contribution is -2.15. The second-order valence-electron chi connectivity index (χ2n) is 7.18. The third kappa shape index (κ3) is 4.33. The van der Waals surface area contributed by atoms with E-state index < -0.39 is 5.82 Å². The molecule has 0 bridgehead atoms. The zero-order chi connectivity index (χ0) is 22.8. The second-order valence-corrected chi connectivity index (χ2v) is 7.18. The van der Waals surface area contributed by atoms with Gasteiger partial charge in [0.25, 0.3) is 0 Å². The van der Waals surface area contributed by atoms with Crippen LogP contribution in [0.25, 0.3) is 10.9 Å². The maximum absolute atomic E-state index is 14.4. The van der Waals surface area contributed by atoms with Gasteiger partial charge in [-0.3, -0.25) is 9.89 Å². The van der Waals surface area contributed by atoms with Gasteiger partial charge >= 0.3 is 5.97 Å². The largest absolute Gasteiger partial charge is 0.486 e. The highest BCUT2D eigenvalue weighted by atomic mass is 19.1. The summed E-state index contributed by atoms with van der Waals surface area (Å²) >= 11 is 0. The van der Waals surface area contributed by atoms with Gasteiger partial charge in [0.05, 0.1) is 30.9 Å². The average molecular weight is 450 g/mol. The van der Waals surface area contributed by atoms with E-state index in [1.54, 1.807) is 36.4 Å². The lowest BCUT2D eigenvalue weighted by atomic mass is 10.1. The standard InChI is InChI=1S/C22H19FN6O4/c1-31-20(30)10-17-14-4-2-12(8-16(14)28-29-17)25-21-15(23)11-24-22(27-21)26-13-3-5-18-19(9-13)33-7-6-32-18/h2-5,8-9,11H,6-7,10H2,1H3,(H,28,29)(H2,24,25,26,27). The number of carbonyl (C=O) groups excluding carboxylic acids is 1. The van der Waals surface area contributed by atoms with Crippen molar-refractivity contribution in [3.05, 3.63) is 54.1 Å². The number of hydrogen-bond donors (Lipinski definition) is 3. The van der Waals surface area contributed by atoms with Gasteiger partial charge in [-0.05, 0) is 30.3 Å². The smallest absolute Gasteiger partial charge is 0.311 e. The first-order chi connectivity index (χ1) is 16.1. The van der Waals surface area contributed by atoms with Crippen LogP contribution in [0.4, 0.5) is 27.5 Å². The Hall–Kier alpha value is -4.41. The first-order valence-electron chi connectivity index (χ1n) is 10.1. The SMILES string of the molecule is COC(=O)Cc1n[nH]c2cc(Nc3nc(Nc4ccc5c(c4)OCCO5)ncc3F)ccc12. The third-order valence-corrected chi connectivity index (χ3v) is 4.99. The van der Waals surface area contributed by atoms with Crippen molar-refractivity contribution in [1.82, 2.24) is 20.2 Å². The lowest BCUT2D eigenvalue weighted by molar-refractivity contribution is -0.139.